The molecule has 1 aromatic carbocycles. The van der Waals surface area contributed by atoms with Gasteiger partial charge in [-0.1, -0.05) is 12.1 Å². The van der Waals surface area contributed by atoms with Crippen molar-refractivity contribution >= 4 is 5.91 Å². The van der Waals surface area contributed by atoms with Crippen molar-refractivity contribution < 1.29 is 19.7 Å². The lowest BCUT2D eigenvalue weighted by atomic mass is 10.1. The maximum atomic E-state index is 11.8. The molecule has 0 unspecified atom stereocenters. The number of aromatic nitrogens is 2. The Kier molecular flexibility index (Phi) is 4.91. The fraction of sp³-hybridized carbons (Fsp3) is 0.286. The summed E-state index contributed by atoms with van der Waals surface area (Å²) in [5.74, 6) is 0.303. The fourth-order valence-corrected chi connectivity index (χ4v) is 1.74. The van der Waals surface area contributed by atoms with Gasteiger partial charge in [0.05, 0.1) is 25.5 Å². The minimum Gasteiger partial charge on any atom is -0.497 e. The zero-order valence-electron chi connectivity index (χ0n) is 11.5. The number of hydrogen-bond acceptors (Lipinski definition) is 5. The summed E-state index contributed by atoms with van der Waals surface area (Å²) in [6.45, 7) is -0.429. The number of H-pyrrole nitrogens is 1. The molecule has 7 heteroatoms. The minimum atomic E-state index is -0.977. The number of amides is 1. The number of benzene rings is 1. The van der Waals surface area contributed by atoms with E-state index in [1.807, 2.05) is 24.3 Å². The summed E-state index contributed by atoms with van der Waals surface area (Å²) in [6.07, 6.45) is -0.977. The molecule has 0 saturated heterocycles. The van der Waals surface area contributed by atoms with E-state index in [1.165, 1.54) is 0 Å². The van der Waals surface area contributed by atoms with Gasteiger partial charge in [0.15, 0.2) is 0 Å². The second-order valence-electron chi connectivity index (χ2n) is 4.45. The molecule has 0 aliphatic heterocycles. The number of methoxy groups -OCH3 is 1. The number of aliphatic hydroxyl groups excluding tert-OH is 2. The summed E-state index contributed by atoms with van der Waals surface area (Å²) in [6, 6.07) is 8.93. The van der Waals surface area contributed by atoms with Gasteiger partial charge in [-0.3, -0.25) is 9.89 Å². The van der Waals surface area contributed by atoms with Gasteiger partial charge in [-0.05, 0) is 18.2 Å². The van der Waals surface area contributed by atoms with Crippen molar-refractivity contribution in [3.05, 3.63) is 36.0 Å². The summed E-state index contributed by atoms with van der Waals surface area (Å²) < 4.78 is 5.14. The molecule has 2 aromatic rings. The molecule has 0 aliphatic rings. The minimum absolute atomic E-state index is 0.0250. The van der Waals surface area contributed by atoms with Crippen molar-refractivity contribution in [2.75, 3.05) is 20.3 Å². The number of nitrogens with one attached hydrogen (secondary N) is 2. The second-order valence-corrected chi connectivity index (χ2v) is 4.45. The monoisotopic (exact) mass is 291 g/mol. The molecule has 0 saturated carbocycles. The third kappa shape index (κ3) is 3.80. The molecule has 0 fully saturated rings. The highest BCUT2D eigenvalue weighted by Crippen LogP contribution is 2.22. The van der Waals surface area contributed by atoms with Crippen LogP contribution in [0.25, 0.3) is 11.3 Å². The van der Waals surface area contributed by atoms with Crippen LogP contribution in [-0.4, -0.2) is 52.7 Å². The first-order valence-electron chi connectivity index (χ1n) is 6.41. The maximum absolute atomic E-state index is 11.8. The van der Waals surface area contributed by atoms with Crippen molar-refractivity contribution in [1.29, 1.82) is 0 Å². The summed E-state index contributed by atoms with van der Waals surface area (Å²) in [5, 5.41) is 27.1. The molecule has 0 spiro atoms. The normalized spacial score (nSPS) is 12.0. The van der Waals surface area contributed by atoms with E-state index < -0.39 is 18.6 Å². The van der Waals surface area contributed by atoms with Crippen LogP contribution < -0.4 is 10.1 Å². The lowest BCUT2D eigenvalue weighted by molar-refractivity contribution is 0.0799. The Balaban J connectivity index is 2.08. The van der Waals surface area contributed by atoms with Crippen LogP contribution in [0.1, 0.15) is 10.5 Å². The van der Waals surface area contributed by atoms with E-state index in [4.69, 9.17) is 9.84 Å². The third-order valence-corrected chi connectivity index (χ3v) is 2.90. The molecule has 0 aliphatic carbocycles. The Morgan fingerprint density at radius 1 is 1.48 bits per heavy atom. The highest BCUT2D eigenvalue weighted by Gasteiger charge is 2.12. The number of nitrogens with zero attached hydrogens (tertiary/aromatic N) is 1. The quantitative estimate of drug-likeness (QED) is 0.607. The first-order valence-corrected chi connectivity index (χ1v) is 6.41. The van der Waals surface area contributed by atoms with Gasteiger partial charge in [0, 0.05) is 12.1 Å². The van der Waals surface area contributed by atoms with Gasteiger partial charge in [-0.25, -0.2) is 0 Å². The fourth-order valence-electron chi connectivity index (χ4n) is 1.74. The van der Waals surface area contributed by atoms with Gasteiger partial charge in [0.2, 0.25) is 0 Å². The third-order valence-electron chi connectivity index (χ3n) is 2.90. The first kappa shape index (κ1) is 15.0. The number of carbonyl (C=O) groups is 1. The number of rotatable bonds is 6. The summed E-state index contributed by atoms with van der Waals surface area (Å²) >= 11 is 0. The van der Waals surface area contributed by atoms with Gasteiger partial charge >= 0.3 is 0 Å². The van der Waals surface area contributed by atoms with Gasteiger partial charge in [0.1, 0.15) is 11.4 Å². The van der Waals surface area contributed by atoms with Crippen LogP contribution >= 0.6 is 0 Å². The van der Waals surface area contributed by atoms with E-state index in [9.17, 15) is 9.90 Å². The van der Waals surface area contributed by atoms with E-state index in [-0.39, 0.29) is 12.2 Å². The predicted octanol–water partition coefficient (Wildman–Crippen LogP) is 0.168. The Morgan fingerprint density at radius 2 is 2.29 bits per heavy atom. The predicted molar refractivity (Wildman–Crippen MR) is 76.0 cm³/mol. The van der Waals surface area contributed by atoms with Crippen molar-refractivity contribution in [1.82, 2.24) is 15.5 Å². The average Bonchev–Trinajstić information content (AvgIpc) is 3.02. The lowest BCUT2D eigenvalue weighted by Crippen LogP contribution is -2.34. The van der Waals surface area contributed by atoms with E-state index in [0.29, 0.717) is 11.4 Å². The number of carbonyl (C=O) groups excluding carboxylic acids is 1. The molecular weight excluding hydrogens is 274 g/mol. The topological polar surface area (TPSA) is 107 Å². The van der Waals surface area contributed by atoms with Crippen LogP contribution in [0.15, 0.2) is 30.3 Å². The highest BCUT2D eigenvalue weighted by molar-refractivity contribution is 5.93. The number of ether oxygens (including phenoxy) is 1. The van der Waals surface area contributed by atoms with Crippen molar-refractivity contribution in [3.8, 4) is 17.0 Å². The first-order chi connectivity index (χ1) is 10.1. The van der Waals surface area contributed by atoms with Gasteiger partial charge < -0.3 is 20.3 Å². The van der Waals surface area contributed by atoms with Crippen LogP contribution in [0.3, 0.4) is 0 Å². The Morgan fingerprint density at radius 3 is 3.00 bits per heavy atom. The number of hydrogen-bond donors (Lipinski definition) is 4. The summed E-state index contributed by atoms with van der Waals surface area (Å²) in [5.41, 5.74) is 1.71. The Hall–Kier alpha value is -2.38. The molecule has 21 heavy (non-hydrogen) atoms. The molecule has 112 valence electrons. The SMILES string of the molecule is COc1cccc(-c2cc(C(=O)NC[C@@H](O)CO)[nH]n2)c1. The van der Waals surface area contributed by atoms with E-state index in [2.05, 4.69) is 15.5 Å². The second kappa shape index (κ2) is 6.87. The average molecular weight is 291 g/mol. The molecule has 0 bridgehead atoms. The molecule has 1 heterocycles. The molecular formula is C14H17N3O4. The van der Waals surface area contributed by atoms with Crippen molar-refractivity contribution in [2.45, 2.75) is 6.10 Å². The zero-order valence-corrected chi connectivity index (χ0v) is 11.5. The standard InChI is InChI=1S/C14H17N3O4/c1-21-11-4-2-3-9(5-11)12-6-13(17-16-12)14(20)15-7-10(19)8-18/h2-6,10,18-19H,7-8H2,1H3,(H,15,20)(H,16,17)/t10-/m1/s1. The van der Waals surface area contributed by atoms with Crippen LogP contribution in [0.4, 0.5) is 0 Å². The van der Waals surface area contributed by atoms with Gasteiger partial charge in [0.25, 0.3) is 5.91 Å². The summed E-state index contributed by atoms with van der Waals surface area (Å²) in [4.78, 5) is 11.8. The highest BCUT2D eigenvalue weighted by atomic mass is 16.5. The van der Waals surface area contributed by atoms with Crippen molar-refractivity contribution in [2.24, 2.45) is 0 Å². The Bertz CT molecular complexity index is 612. The number of aromatic amines is 1. The lowest BCUT2D eigenvalue weighted by Gasteiger charge is -2.07. The molecule has 0 radical (unpaired) electrons. The smallest absolute Gasteiger partial charge is 0.269 e. The molecule has 4 N–H and O–H groups in total. The van der Waals surface area contributed by atoms with Gasteiger partial charge in [-0.2, -0.15) is 5.10 Å². The molecule has 1 atom stereocenters. The molecule has 2 rings (SSSR count). The zero-order chi connectivity index (χ0) is 15.2. The van der Waals surface area contributed by atoms with Crippen molar-refractivity contribution in [3.63, 3.8) is 0 Å². The molecule has 7 nitrogen and oxygen atoms in total. The molecule has 1 aromatic heterocycles. The van der Waals surface area contributed by atoms with Crippen LogP contribution in [0.2, 0.25) is 0 Å². The van der Waals surface area contributed by atoms with Crippen LogP contribution in [0.5, 0.6) is 5.75 Å². The van der Waals surface area contributed by atoms with E-state index in [1.54, 1.807) is 13.2 Å². The van der Waals surface area contributed by atoms with E-state index >= 15 is 0 Å². The van der Waals surface area contributed by atoms with Crippen LogP contribution in [-0.2, 0) is 0 Å². The van der Waals surface area contributed by atoms with E-state index in [0.717, 1.165) is 5.56 Å². The van der Waals surface area contributed by atoms with Crippen LogP contribution in [0, 0.1) is 0 Å². The number of aliphatic hydroxyl groups is 2. The largest absolute Gasteiger partial charge is 0.497 e. The van der Waals surface area contributed by atoms with Gasteiger partial charge in [-0.15, -0.1) is 0 Å². The Labute approximate surface area is 121 Å². The summed E-state index contributed by atoms with van der Waals surface area (Å²) in [7, 11) is 1.58. The maximum Gasteiger partial charge on any atom is 0.269 e. The molecule has 1 amide bonds.